The molecule has 3 rings (SSSR count). The first-order valence-electron chi connectivity index (χ1n) is 7.58. The summed E-state index contributed by atoms with van der Waals surface area (Å²) in [7, 11) is 0. The Bertz CT molecular complexity index is 687. The second-order valence-corrected chi connectivity index (χ2v) is 6.37. The van der Waals surface area contributed by atoms with Crippen molar-refractivity contribution in [3.05, 3.63) is 58.6 Å². The normalized spacial score (nSPS) is 17.6. The molecule has 1 aliphatic heterocycles. The average molecular weight is 376 g/mol. The van der Waals surface area contributed by atoms with E-state index in [-0.39, 0.29) is 11.9 Å². The smallest absolute Gasteiger partial charge is 0.261 e. The summed E-state index contributed by atoms with van der Waals surface area (Å²) < 4.78 is 12.3. The Balaban J connectivity index is 1.64. The van der Waals surface area contributed by atoms with E-state index in [2.05, 4.69) is 21.2 Å². The molecule has 1 aliphatic rings. The largest absolute Gasteiger partial charge is 0.493 e. The lowest BCUT2D eigenvalue weighted by molar-refractivity contribution is -0.128. The zero-order chi connectivity index (χ0) is 16.2. The van der Waals surface area contributed by atoms with E-state index >= 15 is 0 Å². The molecule has 120 valence electrons. The molecule has 1 amide bonds. The number of fused-ring (bicyclic) bond motifs is 1. The molecule has 2 aromatic rings. The van der Waals surface area contributed by atoms with E-state index in [4.69, 9.17) is 9.47 Å². The van der Waals surface area contributed by atoms with Crippen LogP contribution in [0.4, 0.5) is 0 Å². The number of benzene rings is 2. The molecule has 0 saturated heterocycles. The summed E-state index contributed by atoms with van der Waals surface area (Å²) >= 11 is 3.38. The molecular formula is C18H18BrNO3. The SMILES string of the molecule is C[C@@H](Oc1ccc(Br)cc1)C(=O)N[C@H]1CCOc2ccccc21. The zero-order valence-corrected chi connectivity index (χ0v) is 14.4. The van der Waals surface area contributed by atoms with Crippen molar-refractivity contribution >= 4 is 21.8 Å². The third-order valence-electron chi connectivity index (χ3n) is 3.77. The molecule has 2 atom stereocenters. The van der Waals surface area contributed by atoms with Crippen molar-refractivity contribution in [2.45, 2.75) is 25.5 Å². The van der Waals surface area contributed by atoms with Gasteiger partial charge in [-0.3, -0.25) is 4.79 Å². The third kappa shape index (κ3) is 3.85. The maximum atomic E-state index is 12.4. The fourth-order valence-corrected chi connectivity index (χ4v) is 2.82. The first kappa shape index (κ1) is 15.9. The van der Waals surface area contributed by atoms with E-state index in [1.54, 1.807) is 6.92 Å². The van der Waals surface area contributed by atoms with Gasteiger partial charge in [0, 0.05) is 16.5 Å². The van der Waals surface area contributed by atoms with Crippen LogP contribution >= 0.6 is 15.9 Å². The molecular weight excluding hydrogens is 358 g/mol. The standard InChI is InChI=1S/C18H18BrNO3/c1-12(23-14-8-6-13(19)7-9-14)18(21)20-16-10-11-22-17-5-3-2-4-15(16)17/h2-9,12,16H,10-11H2,1H3,(H,20,21)/t12-,16+/m1/s1. The molecule has 5 heteroatoms. The maximum Gasteiger partial charge on any atom is 0.261 e. The Hall–Kier alpha value is -2.01. The quantitative estimate of drug-likeness (QED) is 0.882. The number of carbonyl (C=O) groups excluding carboxylic acids is 1. The molecule has 0 spiro atoms. The first-order chi connectivity index (χ1) is 11.1. The molecule has 0 radical (unpaired) electrons. The lowest BCUT2D eigenvalue weighted by atomic mass is 10.0. The number of ether oxygens (including phenoxy) is 2. The van der Waals surface area contributed by atoms with Crippen LogP contribution in [0.1, 0.15) is 24.9 Å². The number of nitrogens with one attached hydrogen (secondary N) is 1. The molecule has 0 aromatic heterocycles. The van der Waals surface area contributed by atoms with E-state index < -0.39 is 6.10 Å². The highest BCUT2D eigenvalue weighted by atomic mass is 79.9. The molecule has 0 aliphatic carbocycles. The van der Waals surface area contributed by atoms with Gasteiger partial charge in [0.25, 0.3) is 5.91 Å². The number of carbonyl (C=O) groups is 1. The van der Waals surface area contributed by atoms with E-state index in [0.717, 1.165) is 22.2 Å². The van der Waals surface area contributed by atoms with Gasteiger partial charge >= 0.3 is 0 Å². The van der Waals surface area contributed by atoms with Crippen LogP contribution in [-0.2, 0) is 4.79 Å². The van der Waals surface area contributed by atoms with Gasteiger partial charge < -0.3 is 14.8 Å². The van der Waals surface area contributed by atoms with Gasteiger partial charge in [-0.1, -0.05) is 34.1 Å². The highest BCUT2D eigenvalue weighted by Crippen LogP contribution is 2.31. The van der Waals surface area contributed by atoms with Crippen molar-refractivity contribution in [3.8, 4) is 11.5 Å². The highest BCUT2D eigenvalue weighted by molar-refractivity contribution is 9.10. The molecule has 0 fully saturated rings. The molecule has 0 saturated carbocycles. The van der Waals surface area contributed by atoms with Gasteiger partial charge in [0.2, 0.25) is 0 Å². The summed E-state index contributed by atoms with van der Waals surface area (Å²) in [5.41, 5.74) is 1.02. The Morgan fingerprint density at radius 1 is 1.26 bits per heavy atom. The Kier molecular flexibility index (Phi) is 4.86. The van der Waals surface area contributed by atoms with Crippen molar-refractivity contribution in [1.29, 1.82) is 0 Å². The number of hydrogen-bond donors (Lipinski definition) is 1. The van der Waals surface area contributed by atoms with Crippen LogP contribution < -0.4 is 14.8 Å². The molecule has 0 unspecified atom stereocenters. The van der Waals surface area contributed by atoms with E-state index in [1.807, 2.05) is 48.5 Å². The third-order valence-corrected chi connectivity index (χ3v) is 4.30. The molecule has 23 heavy (non-hydrogen) atoms. The molecule has 2 aromatic carbocycles. The summed E-state index contributed by atoms with van der Waals surface area (Å²) in [5, 5.41) is 3.05. The van der Waals surface area contributed by atoms with Gasteiger partial charge in [0.1, 0.15) is 11.5 Å². The number of para-hydroxylation sites is 1. The van der Waals surface area contributed by atoms with Crippen LogP contribution in [0.25, 0.3) is 0 Å². The van der Waals surface area contributed by atoms with Crippen LogP contribution in [0.5, 0.6) is 11.5 Å². The fourth-order valence-electron chi connectivity index (χ4n) is 2.55. The zero-order valence-electron chi connectivity index (χ0n) is 12.8. The average Bonchev–Trinajstić information content (AvgIpc) is 2.57. The van der Waals surface area contributed by atoms with E-state index in [0.29, 0.717) is 12.4 Å². The molecule has 1 heterocycles. The lowest BCUT2D eigenvalue weighted by Crippen LogP contribution is -2.40. The number of hydrogen-bond acceptors (Lipinski definition) is 3. The van der Waals surface area contributed by atoms with Crippen LogP contribution in [-0.4, -0.2) is 18.6 Å². The highest BCUT2D eigenvalue weighted by Gasteiger charge is 2.25. The minimum absolute atomic E-state index is 0.0385. The van der Waals surface area contributed by atoms with E-state index in [9.17, 15) is 4.79 Å². The van der Waals surface area contributed by atoms with Crippen LogP contribution in [0.3, 0.4) is 0 Å². The maximum absolute atomic E-state index is 12.4. The summed E-state index contributed by atoms with van der Waals surface area (Å²) in [6.07, 6.45) is 0.194. The minimum Gasteiger partial charge on any atom is -0.493 e. The number of amides is 1. The molecule has 0 bridgehead atoms. The predicted molar refractivity (Wildman–Crippen MR) is 91.7 cm³/mol. The van der Waals surface area contributed by atoms with Crippen molar-refractivity contribution in [1.82, 2.24) is 5.32 Å². The summed E-state index contributed by atoms with van der Waals surface area (Å²) in [4.78, 5) is 12.4. The Morgan fingerprint density at radius 2 is 2.00 bits per heavy atom. The molecule has 4 nitrogen and oxygen atoms in total. The predicted octanol–water partition coefficient (Wildman–Crippen LogP) is 3.86. The summed E-state index contributed by atoms with van der Waals surface area (Å²) in [6, 6.07) is 15.2. The van der Waals surface area contributed by atoms with Gasteiger partial charge in [0.05, 0.1) is 12.6 Å². The van der Waals surface area contributed by atoms with Crippen LogP contribution in [0, 0.1) is 0 Å². The van der Waals surface area contributed by atoms with Crippen LogP contribution in [0.2, 0.25) is 0 Å². The summed E-state index contributed by atoms with van der Waals surface area (Å²) in [5.74, 6) is 1.38. The van der Waals surface area contributed by atoms with Crippen molar-refractivity contribution in [2.75, 3.05) is 6.61 Å². The van der Waals surface area contributed by atoms with Gasteiger partial charge in [-0.05, 0) is 37.3 Å². The van der Waals surface area contributed by atoms with Crippen molar-refractivity contribution < 1.29 is 14.3 Å². The lowest BCUT2D eigenvalue weighted by Gasteiger charge is -2.27. The van der Waals surface area contributed by atoms with Crippen LogP contribution in [0.15, 0.2) is 53.0 Å². The Morgan fingerprint density at radius 3 is 2.78 bits per heavy atom. The second kappa shape index (κ2) is 7.04. The van der Waals surface area contributed by atoms with Crippen molar-refractivity contribution in [2.24, 2.45) is 0 Å². The topological polar surface area (TPSA) is 47.6 Å². The minimum atomic E-state index is -0.564. The molecule has 1 N–H and O–H groups in total. The van der Waals surface area contributed by atoms with Crippen molar-refractivity contribution in [3.63, 3.8) is 0 Å². The van der Waals surface area contributed by atoms with Gasteiger partial charge in [-0.2, -0.15) is 0 Å². The van der Waals surface area contributed by atoms with Gasteiger partial charge in [-0.25, -0.2) is 0 Å². The number of halogens is 1. The first-order valence-corrected chi connectivity index (χ1v) is 8.37. The monoisotopic (exact) mass is 375 g/mol. The summed E-state index contributed by atoms with van der Waals surface area (Å²) in [6.45, 7) is 2.35. The van der Waals surface area contributed by atoms with Gasteiger partial charge in [0.15, 0.2) is 6.10 Å². The fraction of sp³-hybridized carbons (Fsp3) is 0.278. The Labute approximate surface area is 143 Å². The number of rotatable bonds is 4. The van der Waals surface area contributed by atoms with Gasteiger partial charge in [-0.15, -0.1) is 0 Å². The van der Waals surface area contributed by atoms with E-state index in [1.165, 1.54) is 0 Å². The second-order valence-electron chi connectivity index (χ2n) is 5.45.